The van der Waals surface area contributed by atoms with Crippen LogP contribution >= 0.6 is 35.8 Å². The van der Waals surface area contributed by atoms with Crippen molar-refractivity contribution in [1.29, 1.82) is 0 Å². The van der Waals surface area contributed by atoms with Gasteiger partial charge >= 0.3 is 12.1 Å². The molecule has 0 radical (unpaired) electrons. The number of ketones is 1. The van der Waals surface area contributed by atoms with Crippen LogP contribution < -0.4 is 0 Å². The van der Waals surface area contributed by atoms with Crippen molar-refractivity contribution in [1.82, 2.24) is 0 Å². The van der Waals surface area contributed by atoms with Gasteiger partial charge in [0.15, 0.2) is 11.6 Å². The van der Waals surface area contributed by atoms with Gasteiger partial charge in [-0.3, -0.25) is 4.79 Å². The molecule has 0 bridgehead atoms. The van der Waals surface area contributed by atoms with Gasteiger partial charge in [-0.1, -0.05) is 29.3 Å². The second-order valence-electron chi connectivity index (χ2n) is 7.17. The lowest BCUT2D eigenvalue weighted by Crippen LogP contribution is -2.39. The maximum absolute atomic E-state index is 14.1. The Morgan fingerprint density at radius 2 is 1.58 bits per heavy atom. The molecule has 0 N–H and O–H groups in total. The van der Waals surface area contributed by atoms with E-state index in [1.165, 1.54) is 19.2 Å². The predicted molar refractivity (Wildman–Crippen MR) is 112 cm³/mol. The Morgan fingerprint density at radius 3 is 2.10 bits per heavy atom. The van der Waals surface area contributed by atoms with E-state index >= 15 is 0 Å². The van der Waals surface area contributed by atoms with E-state index in [-0.39, 0.29) is 11.1 Å². The number of hydrogen-bond donors (Lipinski definition) is 1. The summed E-state index contributed by atoms with van der Waals surface area (Å²) in [7, 11) is 1.22. The number of thiol groups is 1. The van der Waals surface area contributed by atoms with Crippen molar-refractivity contribution in [3.05, 3.63) is 67.9 Å². The number of fused-ring (bicyclic) bond motifs is 1. The highest BCUT2D eigenvalue weighted by molar-refractivity contribution is 7.81. The van der Waals surface area contributed by atoms with E-state index in [1.807, 2.05) is 0 Å². The van der Waals surface area contributed by atoms with Gasteiger partial charge in [0.1, 0.15) is 4.75 Å². The van der Waals surface area contributed by atoms with Gasteiger partial charge in [-0.2, -0.15) is 25.8 Å². The normalized spacial score (nSPS) is 15.4. The smallest absolute Gasteiger partial charge is 0.407 e. The molecule has 0 amide bonds. The maximum atomic E-state index is 14.1. The average molecular weight is 495 g/mol. The second-order valence-corrected chi connectivity index (χ2v) is 8.75. The van der Waals surface area contributed by atoms with Crippen LogP contribution in [0.4, 0.5) is 17.6 Å². The molecule has 1 aliphatic carbocycles. The van der Waals surface area contributed by atoms with E-state index in [0.717, 1.165) is 12.1 Å². The molecule has 1 atom stereocenters. The molecule has 1 aliphatic rings. The molecule has 0 fully saturated rings. The Hall–Kier alpha value is -1.77. The summed E-state index contributed by atoms with van der Waals surface area (Å²) in [5, 5.41) is -1.22. The number of carbonyl (C=O) groups excluding carboxylic acids is 2. The van der Waals surface area contributed by atoms with Crippen molar-refractivity contribution < 1.29 is 31.9 Å². The van der Waals surface area contributed by atoms with Crippen molar-refractivity contribution in [3.63, 3.8) is 0 Å². The van der Waals surface area contributed by atoms with Crippen LogP contribution in [0.3, 0.4) is 0 Å². The summed E-state index contributed by atoms with van der Waals surface area (Å²) in [5.41, 5.74) is 0.956. The van der Waals surface area contributed by atoms with Crippen molar-refractivity contribution >= 4 is 47.6 Å². The van der Waals surface area contributed by atoms with Crippen molar-refractivity contribution in [2.45, 2.75) is 36.6 Å². The number of esters is 1. The minimum atomic E-state index is -4.98. The largest absolute Gasteiger partial charge is 0.465 e. The van der Waals surface area contributed by atoms with Gasteiger partial charge in [-0.05, 0) is 54.2 Å². The summed E-state index contributed by atoms with van der Waals surface area (Å²) in [6, 6.07) is 4.24. The van der Waals surface area contributed by atoms with E-state index in [0.29, 0.717) is 30.4 Å². The first kappa shape index (κ1) is 23.9. The van der Waals surface area contributed by atoms with Gasteiger partial charge in [-0.15, -0.1) is 0 Å². The van der Waals surface area contributed by atoms with Gasteiger partial charge < -0.3 is 4.74 Å². The first-order chi connectivity index (χ1) is 14.4. The minimum absolute atomic E-state index is 0.0853. The lowest BCUT2D eigenvalue weighted by atomic mass is 9.87. The van der Waals surface area contributed by atoms with Gasteiger partial charge in [0, 0.05) is 12.0 Å². The topological polar surface area (TPSA) is 43.4 Å². The first-order valence-corrected chi connectivity index (χ1v) is 10.3. The fraction of sp³-hybridized carbons (Fsp3) is 0.333. The number of alkyl halides is 3. The van der Waals surface area contributed by atoms with Crippen LogP contribution in [0.1, 0.15) is 50.2 Å². The maximum Gasteiger partial charge on any atom is 0.407 e. The van der Waals surface area contributed by atoms with E-state index in [4.69, 9.17) is 27.9 Å². The lowest BCUT2D eigenvalue weighted by Gasteiger charge is -2.31. The number of Topliss-reactive ketones (excluding diaryl/α,β-unsaturated/α-hetero) is 1. The van der Waals surface area contributed by atoms with Crippen molar-refractivity contribution in [2.75, 3.05) is 7.11 Å². The highest BCUT2D eigenvalue weighted by Crippen LogP contribution is 2.49. The summed E-state index contributed by atoms with van der Waals surface area (Å²) in [6.45, 7) is 0. The molecule has 0 aliphatic heterocycles. The molecule has 166 valence electrons. The molecule has 3 nitrogen and oxygen atoms in total. The Bertz CT molecular complexity index is 1050. The third-order valence-corrected chi connectivity index (χ3v) is 6.56. The third kappa shape index (κ3) is 4.30. The van der Waals surface area contributed by atoms with Gasteiger partial charge in [0.25, 0.3) is 0 Å². The number of carbonyl (C=O) groups is 2. The van der Waals surface area contributed by atoms with Crippen LogP contribution in [0, 0.1) is 5.82 Å². The summed E-state index contributed by atoms with van der Waals surface area (Å²) in [4.78, 5) is 25.0. The Kier molecular flexibility index (Phi) is 6.65. The van der Waals surface area contributed by atoms with E-state index in [2.05, 4.69) is 12.6 Å². The fourth-order valence-electron chi connectivity index (χ4n) is 3.76. The summed E-state index contributed by atoms with van der Waals surface area (Å²) >= 11 is 15.2. The van der Waals surface area contributed by atoms with Crippen LogP contribution in [0.5, 0.6) is 0 Å². The summed E-state index contributed by atoms with van der Waals surface area (Å²) < 4.78 is 57.7. The Morgan fingerprint density at radius 1 is 1.06 bits per heavy atom. The molecule has 3 rings (SSSR count). The summed E-state index contributed by atoms with van der Waals surface area (Å²) in [5.74, 6) is -2.46. The highest BCUT2D eigenvalue weighted by atomic mass is 35.5. The number of rotatable bonds is 5. The van der Waals surface area contributed by atoms with Crippen molar-refractivity contribution in [3.8, 4) is 0 Å². The Labute approximate surface area is 191 Å². The van der Waals surface area contributed by atoms with Gasteiger partial charge in [-0.25, -0.2) is 9.18 Å². The van der Waals surface area contributed by atoms with Gasteiger partial charge in [0.2, 0.25) is 0 Å². The molecular formula is C21H16Cl2F4O3S. The molecule has 0 heterocycles. The number of ether oxygens (including phenoxy) is 1. The van der Waals surface area contributed by atoms with E-state index in [9.17, 15) is 27.2 Å². The van der Waals surface area contributed by atoms with Crippen LogP contribution in [-0.2, 0) is 22.3 Å². The molecule has 2 aromatic rings. The van der Waals surface area contributed by atoms with Crippen molar-refractivity contribution in [2.24, 2.45) is 0 Å². The second kappa shape index (κ2) is 8.64. The quantitative estimate of drug-likeness (QED) is 0.172. The molecule has 0 saturated carbocycles. The van der Waals surface area contributed by atoms with Crippen LogP contribution in [0.2, 0.25) is 10.0 Å². The molecule has 2 aromatic carbocycles. The van der Waals surface area contributed by atoms with Crippen LogP contribution in [0.15, 0.2) is 24.3 Å². The van der Waals surface area contributed by atoms with E-state index in [1.54, 1.807) is 0 Å². The van der Waals surface area contributed by atoms with Crippen LogP contribution in [-0.4, -0.2) is 25.0 Å². The minimum Gasteiger partial charge on any atom is -0.465 e. The molecule has 0 spiro atoms. The average Bonchev–Trinajstić information content (AvgIpc) is 3.19. The molecule has 10 heteroatoms. The fourth-order valence-corrected chi connectivity index (χ4v) is 4.52. The first-order valence-electron chi connectivity index (χ1n) is 9.11. The predicted octanol–water partition coefficient (Wildman–Crippen LogP) is 6.37. The lowest BCUT2D eigenvalue weighted by molar-refractivity contribution is -0.160. The van der Waals surface area contributed by atoms with Crippen LogP contribution in [0.25, 0.3) is 0 Å². The van der Waals surface area contributed by atoms with E-state index < -0.39 is 50.5 Å². The zero-order valence-corrected chi connectivity index (χ0v) is 18.5. The number of benzene rings is 2. The molecule has 0 aromatic heterocycles. The highest BCUT2D eigenvalue weighted by Gasteiger charge is 2.55. The Balaban J connectivity index is 2.06. The molecule has 31 heavy (non-hydrogen) atoms. The number of hydrogen-bond acceptors (Lipinski definition) is 4. The standard InChI is InChI=1S/C21H16Cl2F4O3S/c1-30-19(29)14-6-5-13(11-3-2-4-12(11)14)17(28)9-20(31,21(25,26)27)10-7-15(22)18(24)16(23)8-10/h5-8,31H,2-4,9H2,1H3. The zero-order valence-electron chi connectivity index (χ0n) is 16.1. The van der Waals surface area contributed by atoms with Gasteiger partial charge in [0.05, 0.1) is 22.7 Å². The SMILES string of the molecule is COC(=O)c1ccc(C(=O)CC(S)(c2cc(Cl)c(F)c(Cl)c2)C(F)(F)F)c2c1CCC2. The molecule has 0 saturated heterocycles. The number of halogens is 6. The number of methoxy groups -OCH3 is 1. The monoisotopic (exact) mass is 494 g/mol. The molecular weight excluding hydrogens is 479 g/mol. The molecule has 1 unspecified atom stereocenters. The summed E-state index contributed by atoms with van der Waals surface area (Å²) in [6.07, 6.45) is -4.44. The third-order valence-electron chi connectivity index (χ3n) is 5.34. The zero-order chi connectivity index (χ0) is 23.1.